The van der Waals surface area contributed by atoms with Crippen LogP contribution in [0, 0.1) is 0 Å². The number of carboxylic acids is 1. The third kappa shape index (κ3) is 6.72. The molecule has 0 aliphatic heterocycles. The lowest BCUT2D eigenvalue weighted by Crippen LogP contribution is -2.42. The van der Waals surface area contributed by atoms with Crippen LogP contribution in [0.4, 0.5) is 0 Å². The molecule has 0 bridgehead atoms. The first-order valence-corrected chi connectivity index (χ1v) is 7.97. The first-order chi connectivity index (χ1) is 11.1. The maximum absolute atomic E-state index is 12.2. The van der Waals surface area contributed by atoms with Gasteiger partial charge in [-0.25, -0.2) is 9.78 Å². The molecule has 1 heterocycles. The van der Waals surface area contributed by atoms with Gasteiger partial charge in [-0.1, -0.05) is 11.6 Å². The summed E-state index contributed by atoms with van der Waals surface area (Å²) in [5.74, 6) is -1.48. The lowest BCUT2D eigenvalue weighted by Gasteiger charge is -2.21. The summed E-state index contributed by atoms with van der Waals surface area (Å²) in [6.07, 6.45) is 1.44. The maximum Gasteiger partial charge on any atom is 0.326 e. The van der Waals surface area contributed by atoms with E-state index in [1.54, 1.807) is 6.92 Å². The maximum atomic E-state index is 12.2. The smallest absolute Gasteiger partial charge is 0.326 e. The Kier molecular flexibility index (Phi) is 7.44. The number of amides is 1. The molecule has 0 spiro atoms. The highest BCUT2D eigenvalue weighted by atomic mass is 35.5. The van der Waals surface area contributed by atoms with Crippen molar-refractivity contribution in [2.75, 3.05) is 13.2 Å². The summed E-state index contributed by atoms with van der Waals surface area (Å²) in [5.41, 5.74) is -0.217. The van der Waals surface area contributed by atoms with Crippen molar-refractivity contribution in [1.29, 1.82) is 0 Å². The van der Waals surface area contributed by atoms with E-state index in [2.05, 4.69) is 10.3 Å². The van der Waals surface area contributed by atoms with Crippen molar-refractivity contribution in [1.82, 2.24) is 10.3 Å². The van der Waals surface area contributed by atoms with E-state index in [1.165, 1.54) is 12.3 Å². The molecule has 0 radical (unpaired) electrons. The zero-order valence-corrected chi connectivity index (χ0v) is 15.0. The van der Waals surface area contributed by atoms with Crippen molar-refractivity contribution in [2.24, 2.45) is 0 Å². The van der Waals surface area contributed by atoms with Crippen molar-refractivity contribution in [3.63, 3.8) is 0 Å². The number of carbonyl (C=O) groups excluding carboxylic acids is 1. The molecule has 134 valence electrons. The van der Waals surface area contributed by atoms with E-state index in [0.29, 0.717) is 6.61 Å². The van der Waals surface area contributed by atoms with Gasteiger partial charge in [0.05, 0.1) is 17.8 Å². The van der Waals surface area contributed by atoms with Gasteiger partial charge in [0.1, 0.15) is 11.1 Å². The van der Waals surface area contributed by atoms with E-state index in [-0.39, 0.29) is 35.1 Å². The van der Waals surface area contributed by atoms with Gasteiger partial charge < -0.3 is 19.9 Å². The quantitative estimate of drug-likeness (QED) is 0.741. The number of aromatic nitrogens is 1. The van der Waals surface area contributed by atoms with E-state index in [4.69, 9.17) is 21.1 Å². The summed E-state index contributed by atoms with van der Waals surface area (Å²) in [4.78, 5) is 27.4. The summed E-state index contributed by atoms with van der Waals surface area (Å²) in [7, 11) is 0. The number of ether oxygens (including phenoxy) is 2. The number of aliphatic carboxylic acids is 1. The molecular weight excluding hydrogens is 336 g/mol. The van der Waals surface area contributed by atoms with Crippen LogP contribution in [0.2, 0.25) is 5.02 Å². The molecule has 24 heavy (non-hydrogen) atoms. The van der Waals surface area contributed by atoms with Gasteiger partial charge in [0.2, 0.25) is 5.88 Å². The molecule has 8 heteroatoms. The molecule has 1 atom stereocenters. The second-order valence-electron chi connectivity index (χ2n) is 6.06. The number of halogens is 1. The number of nitrogens with zero attached hydrogens (tertiary/aromatic N) is 1. The fraction of sp³-hybridized carbons (Fsp3) is 0.562. The summed E-state index contributed by atoms with van der Waals surface area (Å²) < 4.78 is 10.7. The van der Waals surface area contributed by atoms with Gasteiger partial charge in [-0.15, -0.1) is 0 Å². The highest BCUT2D eigenvalue weighted by Gasteiger charge is 2.22. The minimum Gasteiger partial charge on any atom is -0.480 e. The van der Waals surface area contributed by atoms with Crippen LogP contribution in [0.25, 0.3) is 0 Å². The molecule has 0 aromatic carbocycles. The zero-order valence-electron chi connectivity index (χ0n) is 14.3. The number of carboxylic acid groups (broad SMARTS) is 1. The highest BCUT2D eigenvalue weighted by molar-refractivity contribution is 6.32. The standard InChI is InChI=1S/C16H23ClN2O5/c1-5-23-14-11(17)8-10(9-18-14)13(20)19-12(15(21)22)6-7-24-16(2,3)4/h8-9,12H,5-7H2,1-4H3,(H,19,20)(H,21,22). The molecule has 1 aromatic heterocycles. The average Bonchev–Trinajstić information content (AvgIpc) is 2.47. The Labute approximate surface area is 146 Å². The van der Waals surface area contributed by atoms with Crippen LogP contribution in [0.5, 0.6) is 5.88 Å². The SMILES string of the molecule is CCOc1ncc(C(=O)NC(CCOC(C)(C)C)C(=O)O)cc1Cl. The molecule has 1 aromatic rings. The largest absolute Gasteiger partial charge is 0.480 e. The summed E-state index contributed by atoms with van der Waals surface area (Å²) in [6.45, 7) is 8.00. The fourth-order valence-electron chi connectivity index (χ4n) is 1.77. The number of rotatable bonds is 8. The molecule has 1 unspecified atom stereocenters. The van der Waals surface area contributed by atoms with Gasteiger partial charge in [0.25, 0.3) is 5.91 Å². The predicted octanol–water partition coefficient (Wildman–Crippen LogP) is 2.52. The molecule has 1 rings (SSSR count). The second kappa shape index (κ2) is 8.84. The Bertz CT molecular complexity index is 586. The monoisotopic (exact) mass is 358 g/mol. The van der Waals surface area contributed by atoms with E-state index in [9.17, 15) is 14.7 Å². The minimum atomic E-state index is -1.13. The predicted molar refractivity (Wildman–Crippen MR) is 89.6 cm³/mol. The third-order valence-electron chi connectivity index (χ3n) is 2.90. The summed E-state index contributed by atoms with van der Waals surface area (Å²) >= 11 is 5.98. The third-order valence-corrected chi connectivity index (χ3v) is 3.17. The lowest BCUT2D eigenvalue weighted by molar-refractivity contribution is -0.140. The topological polar surface area (TPSA) is 97.8 Å². The first-order valence-electron chi connectivity index (χ1n) is 7.60. The molecule has 1 amide bonds. The van der Waals surface area contributed by atoms with Crippen LogP contribution in [-0.4, -0.2) is 46.8 Å². The molecular formula is C16H23ClN2O5. The molecule has 2 N–H and O–H groups in total. The fourth-order valence-corrected chi connectivity index (χ4v) is 2.00. The summed E-state index contributed by atoms with van der Waals surface area (Å²) in [5, 5.41) is 11.9. The van der Waals surface area contributed by atoms with Gasteiger partial charge in [-0.3, -0.25) is 4.79 Å². The van der Waals surface area contributed by atoms with Gasteiger partial charge in [-0.05, 0) is 33.8 Å². The van der Waals surface area contributed by atoms with E-state index in [0.717, 1.165) is 0 Å². The Morgan fingerprint density at radius 3 is 2.58 bits per heavy atom. The van der Waals surface area contributed by atoms with Crippen molar-refractivity contribution in [2.45, 2.75) is 45.8 Å². The first kappa shape index (κ1) is 20.2. The zero-order chi connectivity index (χ0) is 18.3. The van der Waals surface area contributed by atoms with Crippen molar-refractivity contribution in [3.05, 3.63) is 22.8 Å². The van der Waals surface area contributed by atoms with Crippen molar-refractivity contribution >= 4 is 23.5 Å². The Morgan fingerprint density at radius 1 is 1.42 bits per heavy atom. The molecule has 0 aliphatic rings. The average molecular weight is 359 g/mol. The van der Waals surface area contributed by atoms with E-state index in [1.807, 2.05) is 20.8 Å². The van der Waals surface area contributed by atoms with Gasteiger partial charge in [0, 0.05) is 19.2 Å². The highest BCUT2D eigenvalue weighted by Crippen LogP contribution is 2.22. The van der Waals surface area contributed by atoms with Gasteiger partial charge >= 0.3 is 5.97 Å². The summed E-state index contributed by atoms with van der Waals surface area (Å²) in [6, 6.07) is 0.324. The Balaban J connectivity index is 2.71. The molecule has 0 aliphatic carbocycles. The van der Waals surface area contributed by atoms with Crippen LogP contribution in [0.15, 0.2) is 12.3 Å². The Morgan fingerprint density at radius 2 is 2.08 bits per heavy atom. The van der Waals surface area contributed by atoms with Crippen LogP contribution in [-0.2, 0) is 9.53 Å². The van der Waals surface area contributed by atoms with Crippen molar-refractivity contribution in [3.8, 4) is 5.88 Å². The Hall–Kier alpha value is -1.86. The number of hydrogen-bond acceptors (Lipinski definition) is 5. The van der Waals surface area contributed by atoms with Gasteiger partial charge in [-0.2, -0.15) is 0 Å². The van der Waals surface area contributed by atoms with E-state index < -0.39 is 17.9 Å². The van der Waals surface area contributed by atoms with E-state index >= 15 is 0 Å². The van der Waals surface area contributed by atoms with Gasteiger partial charge in [0.15, 0.2) is 0 Å². The molecule has 7 nitrogen and oxygen atoms in total. The molecule has 0 fully saturated rings. The minimum absolute atomic E-state index is 0.149. The number of nitrogens with one attached hydrogen (secondary N) is 1. The lowest BCUT2D eigenvalue weighted by atomic mass is 10.1. The normalized spacial score (nSPS) is 12.5. The molecule has 0 saturated carbocycles. The number of hydrogen-bond donors (Lipinski definition) is 2. The molecule has 0 saturated heterocycles. The van der Waals surface area contributed by atoms with Crippen LogP contribution in [0.3, 0.4) is 0 Å². The van der Waals surface area contributed by atoms with Crippen molar-refractivity contribution < 1.29 is 24.2 Å². The second-order valence-corrected chi connectivity index (χ2v) is 6.46. The van der Waals surface area contributed by atoms with Crippen LogP contribution in [0.1, 0.15) is 44.5 Å². The number of pyridine rings is 1. The number of carbonyl (C=O) groups is 2. The van der Waals surface area contributed by atoms with Crippen LogP contribution >= 0.6 is 11.6 Å². The van der Waals surface area contributed by atoms with Crippen LogP contribution < -0.4 is 10.1 Å².